The van der Waals surface area contributed by atoms with E-state index in [0.717, 1.165) is 63.7 Å². The van der Waals surface area contributed by atoms with Crippen molar-refractivity contribution in [1.29, 1.82) is 0 Å². The van der Waals surface area contributed by atoms with Crippen molar-refractivity contribution in [3.8, 4) is 11.1 Å². The first kappa shape index (κ1) is 26.2. The van der Waals surface area contributed by atoms with Crippen LogP contribution >= 0.6 is 0 Å². The van der Waals surface area contributed by atoms with Crippen LogP contribution < -0.4 is 0 Å². The Hall–Kier alpha value is -3.05. The number of benzene rings is 2. The lowest BCUT2D eigenvalue weighted by atomic mass is 9.73. The summed E-state index contributed by atoms with van der Waals surface area (Å²) in [5, 5.41) is 0. The Morgan fingerprint density at radius 2 is 1.77 bits per heavy atom. The van der Waals surface area contributed by atoms with Gasteiger partial charge in [0.25, 0.3) is 0 Å². The third kappa shape index (κ3) is 5.14. The molecule has 0 spiro atoms. The highest BCUT2D eigenvalue weighted by molar-refractivity contribution is 5.84. The number of rotatable bonds is 5. The normalized spacial score (nSPS) is 24.2. The molecule has 5 heteroatoms. The molecule has 1 saturated carbocycles. The summed E-state index contributed by atoms with van der Waals surface area (Å²) in [5.74, 6) is 1.01. The highest BCUT2D eigenvalue weighted by Gasteiger charge is 2.50. The number of amides is 1. The molecule has 2 aromatic carbocycles. The molecule has 1 amide bonds. The minimum atomic E-state index is -0.281. The molecule has 204 valence electrons. The number of hydrogen-bond acceptors (Lipinski definition) is 3. The summed E-state index contributed by atoms with van der Waals surface area (Å²) in [5.41, 5.74) is 5.89. The van der Waals surface area contributed by atoms with Gasteiger partial charge in [-0.3, -0.25) is 9.78 Å². The number of nitrogens with zero attached hydrogens (tertiary/aromatic N) is 3. The minimum Gasteiger partial charge on any atom is -0.338 e. The van der Waals surface area contributed by atoms with Crippen LogP contribution in [0, 0.1) is 17.2 Å². The maximum atomic E-state index is 14.3. The van der Waals surface area contributed by atoms with E-state index >= 15 is 0 Å². The number of carbonyl (C=O) groups excluding carboxylic acids is 1. The topological polar surface area (TPSA) is 36.4 Å². The largest absolute Gasteiger partial charge is 0.338 e. The van der Waals surface area contributed by atoms with Crippen LogP contribution in [-0.4, -0.2) is 46.4 Å². The average Bonchev–Trinajstić information content (AvgIpc) is 3.44. The third-order valence-corrected chi connectivity index (χ3v) is 9.94. The zero-order valence-corrected chi connectivity index (χ0v) is 23.3. The maximum absolute atomic E-state index is 14.3. The Bertz CT molecular complexity index is 1300. The second-order valence-electron chi connectivity index (χ2n) is 12.3. The van der Waals surface area contributed by atoms with Crippen molar-refractivity contribution in [1.82, 2.24) is 14.8 Å². The molecule has 3 aliphatic rings. The molecule has 6 rings (SSSR count). The third-order valence-electron chi connectivity index (χ3n) is 9.94. The van der Waals surface area contributed by atoms with Gasteiger partial charge in [0.1, 0.15) is 5.82 Å². The molecule has 1 aromatic heterocycles. The van der Waals surface area contributed by atoms with Gasteiger partial charge >= 0.3 is 0 Å². The Kier molecular flexibility index (Phi) is 7.28. The van der Waals surface area contributed by atoms with Crippen LogP contribution in [0.3, 0.4) is 0 Å². The van der Waals surface area contributed by atoms with E-state index in [1.54, 1.807) is 18.3 Å². The van der Waals surface area contributed by atoms with E-state index in [1.807, 2.05) is 24.4 Å². The van der Waals surface area contributed by atoms with Gasteiger partial charge in [-0.2, -0.15) is 0 Å². The predicted octanol–water partition coefficient (Wildman–Crippen LogP) is 6.85. The molecule has 0 radical (unpaired) electrons. The molecule has 3 aromatic rings. The van der Waals surface area contributed by atoms with Crippen molar-refractivity contribution in [2.75, 3.05) is 19.6 Å². The minimum absolute atomic E-state index is 0.164. The molecular formula is C34H40FN3O. The zero-order chi connectivity index (χ0) is 27.0. The van der Waals surface area contributed by atoms with Crippen molar-refractivity contribution < 1.29 is 9.18 Å². The average molecular weight is 526 g/mol. The molecule has 2 fully saturated rings. The summed E-state index contributed by atoms with van der Waals surface area (Å²) in [7, 11) is 0. The summed E-state index contributed by atoms with van der Waals surface area (Å²) in [6.45, 7) is 8.12. The second kappa shape index (κ2) is 10.8. The molecule has 2 aliphatic heterocycles. The van der Waals surface area contributed by atoms with E-state index in [9.17, 15) is 9.18 Å². The molecule has 3 heterocycles. The summed E-state index contributed by atoms with van der Waals surface area (Å²) in [6.07, 6.45) is 9.87. The van der Waals surface area contributed by atoms with Gasteiger partial charge in [0.15, 0.2) is 0 Å². The Morgan fingerprint density at radius 1 is 0.974 bits per heavy atom. The first-order chi connectivity index (χ1) is 18.9. The SMILES string of the molecule is CC(C)[C@]1(C(=O)N2CCc3ccc(-c4cccnc4)cc3C2)CC[C@@H](N2CCC(c3ccc(F)cc3)CC2)C1. The van der Waals surface area contributed by atoms with Crippen molar-refractivity contribution >= 4 is 5.91 Å². The summed E-state index contributed by atoms with van der Waals surface area (Å²) < 4.78 is 13.4. The van der Waals surface area contributed by atoms with Crippen molar-refractivity contribution in [3.05, 3.63) is 89.5 Å². The number of carbonyl (C=O) groups is 1. The highest BCUT2D eigenvalue weighted by atomic mass is 19.1. The molecule has 0 N–H and O–H groups in total. The van der Waals surface area contributed by atoms with Crippen LogP contribution in [0.4, 0.5) is 4.39 Å². The van der Waals surface area contributed by atoms with E-state index in [0.29, 0.717) is 30.3 Å². The predicted molar refractivity (Wildman–Crippen MR) is 154 cm³/mol. The fourth-order valence-electron chi connectivity index (χ4n) is 7.42. The quantitative estimate of drug-likeness (QED) is 0.366. The van der Waals surface area contributed by atoms with Crippen LogP contribution in [0.25, 0.3) is 11.1 Å². The van der Waals surface area contributed by atoms with Crippen LogP contribution in [0.15, 0.2) is 67.0 Å². The number of hydrogen-bond donors (Lipinski definition) is 0. The van der Waals surface area contributed by atoms with Crippen LogP contribution in [0.1, 0.15) is 68.6 Å². The first-order valence-electron chi connectivity index (χ1n) is 14.7. The molecule has 0 unspecified atom stereocenters. The molecule has 4 nitrogen and oxygen atoms in total. The molecule has 2 atom stereocenters. The molecule has 0 bridgehead atoms. The van der Waals surface area contributed by atoms with Crippen LogP contribution in [0.5, 0.6) is 0 Å². The molecular weight excluding hydrogens is 485 g/mol. The second-order valence-corrected chi connectivity index (χ2v) is 12.3. The van der Waals surface area contributed by atoms with Crippen molar-refractivity contribution in [3.63, 3.8) is 0 Å². The van der Waals surface area contributed by atoms with E-state index in [-0.39, 0.29) is 11.2 Å². The monoisotopic (exact) mass is 525 g/mol. The van der Waals surface area contributed by atoms with Crippen LogP contribution in [-0.2, 0) is 17.8 Å². The molecule has 1 saturated heterocycles. The van der Waals surface area contributed by atoms with Gasteiger partial charge in [0.2, 0.25) is 5.91 Å². The van der Waals surface area contributed by atoms with E-state index < -0.39 is 0 Å². The van der Waals surface area contributed by atoms with Gasteiger partial charge in [0, 0.05) is 31.5 Å². The number of pyridine rings is 1. The number of fused-ring (bicyclic) bond motifs is 1. The van der Waals surface area contributed by atoms with Gasteiger partial charge < -0.3 is 9.80 Å². The molecule has 39 heavy (non-hydrogen) atoms. The van der Waals surface area contributed by atoms with Crippen molar-refractivity contribution in [2.24, 2.45) is 11.3 Å². The lowest BCUT2D eigenvalue weighted by Gasteiger charge is -2.41. The van der Waals surface area contributed by atoms with Gasteiger partial charge in [-0.25, -0.2) is 4.39 Å². The Labute approximate surface area is 232 Å². The number of piperidine rings is 1. The van der Waals surface area contributed by atoms with Crippen molar-refractivity contribution in [2.45, 2.75) is 70.9 Å². The Morgan fingerprint density at radius 3 is 2.49 bits per heavy atom. The van der Waals surface area contributed by atoms with Gasteiger partial charge in [-0.15, -0.1) is 0 Å². The fraction of sp³-hybridized carbons (Fsp3) is 0.471. The smallest absolute Gasteiger partial charge is 0.229 e. The number of aromatic nitrogens is 1. The molecule has 1 aliphatic carbocycles. The van der Waals surface area contributed by atoms with Gasteiger partial charge in [-0.05, 0) is 116 Å². The van der Waals surface area contributed by atoms with Gasteiger partial charge in [-0.1, -0.05) is 44.2 Å². The number of likely N-dealkylation sites (tertiary alicyclic amines) is 1. The fourth-order valence-corrected chi connectivity index (χ4v) is 7.42. The summed E-state index contributed by atoms with van der Waals surface area (Å²) in [6, 6.07) is 18.3. The van der Waals surface area contributed by atoms with E-state index in [1.165, 1.54) is 22.3 Å². The Balaban J connectivity index is 1.13. The standard InChI is InChI=1S/C34H40FN3O/c1-24(2)34(15-11-32(21-34)37-17-12-27(13-18-37)25-7-9-31(35)10-8-25)33(39)38-19-14-26-5-6-28(20-30(26)23-38)29-4-3-16-36-22-29/h3-10,16,20,22,24,27,32H,11-15,17-19,21,23H2,1-2H3/t32-,34+/m1/s1. The summed E-state index contributed by atoms with van der Waals surface area (Å²) >= 11 is 0. The van der Waals surface area contributed by atoms with E-state index in [2.05, 4.69) is 52.9 Å². The first-order valence-corrected chi connectivity index (χ1v) is 14.7. The maximum Gasteiger partial charge on any atom is 0.229 e. The van der Waals surface area contributed by atoms with Gasteiger partial charge in [0.05, 0.1) is 5.41 Å². The summed E-state index contributed by atoms with van der Waals surface area (Å²) in [4.78, 5) is 23.4. The zero-order valence-electron chi connectivity index (χ0n) is 23.3. The van der Waals surface area contributed by atoms with Crippen LogP contribution in [0.2, 0.25) is 0 Å². The number of halogens is 1. The van der Waals surface area contributed by atoms with E-state index in [4.69, 9.17) is 0 Å². The lowest BCUT2D eigenvalue weighted by Crippen LogP contribution is -2.48. The highest BCUT2D eigenvalue weighted by Crippen LogP contribution is 2.48. The lowest BCUT2D eigenvalue weighted by molar-refractivity contribution is -0.146.